The highest BCUT2D eigenvalue weighted by molar-refractivity contribution is 7.13. The number of rotatable bonds is 8. The van der Waals surface area contributed by atoms with Gasteiger partial charge in [-0.25, -0.2) is 9.78 Å². The molecule has 3 rings (SSSR count). The van der Waals surface area contributed by atoms with Crippen LogP contribution in [0.3, 0.4) is 0 Å². The summed E-state index contributed by atoms with van der Waals surface area (Å²) in [6.07, 6.45) is 3.16. The summed E-state index contributed by atoms with van der Waals surface area (Å²) in [4.78, 5) is 16.3. The average Bonchev–Trinajstić information content (AvgIpc) is 3.37. The van der Waals surface area contributed by atoms with E-state index < -0.39 is 5.97 Å². The summed E-state index contributed by atoms with van der Waals surface area (Å²) in [5.41, 5.74) is 2.62. The van der Waals surface area contributed by atoms with Crippen LogP contribution >= 0.6 is 22.7 Å². The third-order valence-corrected chi connectivity index (χ3v) is 5.22. The Balaban J connectivity index is 1.62. The lowest BCUT2D eigenvalue weighted by Gasteiger charge is -2.09. The lowest BCUT2D eigenvalue weighted by Crippen LogP contribution is -2.00. The van der Waals surface area contributed by atoms with Gasteiger partial charge in [-0.2, -0.15) is 11.3 Å². The molecule has 7 heteroatoms. The first-order chi connectivity index (χ1) is 13.2. The molecule has 0 aliphatic heterocycles. The van der Waals surface area contributed by atoms with Gasteiger partial charge in [0.2, 0.25) is 0 Å². The van der Waals surface area contributed by atoms with Gasteiger partial charge < -0.3 is 14.2 Å². The van der Waals surface area contributed by atoms with Crippen molar-refractivity contribution in [3.8, 4) is 22.1 Å². The van der Waals surface area contributed by atoms with Gasteiger partial charge in [-0.15, -0.1) is 11.3 Å². The highest BCUT2D eigenvalue weighted by atomic mass is 32.1. The second-order valence-electron chi connectivity index (χ2n) is 5.44. The van der Waals surface area contributed by atoms with Crippen LogP contribution in [0.4, 0.5) is 0 Å². The van der Waals surface area contributed by atoms with Crippen molar-refractivity contribution in [1.82, 2.24) is 4.98 Å². The van der Waals surface area contributed by atoms with Gasteiger partial charge in [0.15, 0.2) is 11.5 Å². The molecule has 0 saturated heterocycles. The standard InChI is InChI=1S/C20H19NO4S2/c1-3-24-17-6-5-15(10-18(17)23-2)20-21-16(13-27-20)11-25-19(22)7-4-14-8-9-26-12-14/h4-10,12-13H,3,11H2,1-2H3/b7-4+. The van der Waals surface area contributed by atoms with Crippen molar-refractivity contribution in [2.45, 2.75) is 13.5 Å². The Kier molecular flexibility index (Phi) is 6.62. The van der Waals surface area contributed by atoms with E-state index in [0.717, 1.165) is 16.1 Å². The number of carbonyl (C=O) groups is 1. The summed E-state index contributed by atoms with van der Waals surface area (Å²) in [5.74, 6) is 0.974. The quantitative estimate of drug-likeness (QED) is 0.391. The van der Waals surface area contributed by atoms with Crippen LogP contribution in [0, 0.1) is 0 Å². The Morgan fingerprint density at radius 1 is 1.22 bits per heavy atom. The molecule has 0 amide bonds. The number of hydrogen-bond acceptors (Lipinski definition) is 7. The monoisotopic (exact) mass is 401 g/mol. The zero-order valence-electron chi connectivity index (χ0n) is 15.0. The van der Waals surface area contributed by atoms with Crippen LogP contribution in [0.1, 0.15) is 18.2 Å². The summed E-state index contributed by atoms with van der Waals surface area (Å²) in [6.45, 7) is 2.64. The van der Waals surface area contributed by atoms with Gasteiger partial charge in [-0.05, 0) is 53.6 Å². The van der Waals surface area contributed by atoms with Gasteiger partial charge >= 0.3 is 5.97 Å². The van der Waals surface area contributed by atoms with Crippen molar-refractivity contribution in [2.24, 2.45) is 0 Å². The predicted molar refractivity (Wildman–Crippen MR) is 108 cm³/mol. The molecule has 1 aromatic carbocycles. The van der Waals surface area contributed by atoms with Crippen molar-refractivity contribution in [1.29, 1.82) is 0 Å². The summed E-state index contributed by atoms with van der Waals surface area (Å²) in [7, 11) is 1.61. The van der Waals surface area contributed by atoms with Gasteiger partial charge in [0.1, 0.15) is 11.6 Å². The van der Waals surface area contributed by atoms with E-state index in [4.69, 9.17) is 14.2 Å². The van der Waals surface area contributed by atoms with Gasteiger partial charge in [0.25, 0.3) is 0 Å². The first-order valence-corrected chi connectivity index (χ1v) is 10.1. The predicted octanol–water partition coefficient (Wildman–Crippen LogP) is 5.04. The number of esters is 1. The second-order valence-corrected chi connectivity index (χ2v) is 7.08. The minimum atomic E-state index is -0.390. The van der Waals surface area contributed by atoms with Crippen molar-refractivity contribution < 1.29 is 19.0 Å². The maximum Gasteiger partial charge on any atom is 0.331 e. The molecule has 0 saturated carbocycles. The van der Waals surface area contributed by atoms with Crippen LogP contribution in [-0.4, -0.2) is 24.7 Å². The van der Waals surface area contributed by atoms with E-state index >= 15 is 0 Å². The highest BCUT2D eigenvalue weighted by Crippen LogP contribution is 2.33. The molecule has 0 spiro atoms. The van der Waals surface area contributed by atoms with Crippen LogP contribution in [-0.2, 0) is 16.1 Å². The van der Waals surface area contributed by atoms with Crippen LogP contribution in [0.2, 0.25) is 0 Å². The van der Waals surface area contributed by atoms with Crippen LogP contribution in [0.25, 0.3) is 16.6 Å². The summed E-state index contributed by atoms with van der Waals surface area (Å²) >= 11 is 3.07. The Hall–Kier alpha value is -2.64. The topological polar surface area (TPSA) is 57.7 Å². The van der Waals surface area contributed by atoms with Gasteiger partial charge in [-0.1, -0.05) is 0 Å². The van der Waals surface area contributed by atoms with Crippen LogP contribution in [0.5, 0.6) is 11.5 Å². The second kappa shape index (κ2) is 9.34. The maximum absolute atomic E-state index is 11.8. The Morgan fingerprint density at radius 2 is 2.11 bits per heavy atom. The third kappa shape index (κ3) is 5.18. The molecular formula is C20H19NO4S2. The van der Waals surface area contributed by atoms with E-state index in [1.807, 2.05) is 47.3 Å². The van der Waals surface area contributed by atoms with E-state index in [1.54, 1.807) is 24.5 Å². The van der Waals surface area contributed by atoms with E-state index in [9.17, 15) is 4.79 Å². The van der Waals surface area contributed by atoms with Crippen LogP contribution in [0.15, 0.2) is 46.5 Å². The van der Waals surface area contributed by atoms with Gasteiger partial charge in [0.05, 0.1) is 19.4 Å². The van der Waals surface area contributed by atoms with Crippen molar-refractivity contribution in [2.75, 3.05) is 13.7 Å². The molecule has 0 fully saturated rings. The van der Waals surface area contributed by atoms with E-state index in [1.165, 1.54) is 17.4 Å². The Bertz CT molecular complexity index is 916. The first-order valence-electron chi connectivity index (χ1n) is 8.32. The third-order valence-electron chi connectivity index (χ3n) is 3.58. The molecule has 27 heavy (non-hydrogen) atoms. The maximum atomic E-state index is 11.8. The zero-order valence-corrected chi connectivity index (χ0v) is 16.6. The summed E-state index contributed by atoms with van der Waals surface area (Å²) < 4.78 is 16.2. The fourth-order valence-electron chi connectivity index (χ4n) is 2.31. The fraction of sp³-hybridized carbons (Fsp3) is 0.200. The molecular weight excluding hydrogens is 382 g/mol. The van der Waals surface area contributed by atoms with Crippen LogP contribution < -0.4 is 9.47 Å². The molecule has 5 nitrogen and oxygen atoms in total. The number of benzene rings is 1. The highest BCUT2D eigenvalue weighted by Gasteiger charge is 2.11. The summed E-state index contributed by atoms with van der Waals surface area (Å²) in [6, 6.07) is 7.63. The number of thiazole rings is 1. The molecule has 140 valence electrons. The molecule has 3 aromatic rings. The van der Waals surface area contributed by atoms with E-state index in [2.05, 4.69) is 4.98 Å². The lowest BCUT2D eigenvalue weighted by atomic mass is 10.2. The molecule has 0 N–H and O–H groups in total. The smallest absolute Gasteiger partial charge is 0.331 e. The average molecular weight is 402 g/mol. The van der Waals surface area contributed by atoms with Gasteiger partial charge in [-0.3, -0.25) is 0 Å². The molecule has 0 aliphatic carbocycles. The van der Waals surface area contributed by atoms with E-state index in [0.29, 0.717) is 23.8 Å². The van der Waals surface area contributed by atoms with Crippen molar-refractivity contribution >= 4 is 34.7 Å². The molecule has 0 aliphatic rings. The van der Waals surface area contributed by atoms with Gasteiger partial charge in [0, 0.05) is 17.0 Å². The molecule has 0 atom stereocenters. The van der Waals surface area contributed by atoms with Crippen molar-refractivity contribution in [3.63, 3.8) is 0 Å². The number of hydrogen-bond donors (Lipinski definition) is 0. The fourth-order valence-corrected chi connectivity index (χ4v) is 3.74. The van der Waals surface area contributed by atoms with Crippen molar-refractivity contribution in [3.05, 3.63) is 57.7 Å². The summed E-state index contributed by atoms with van der Waals surface area (Å²) in [5, 5.41) is 6.63. The number of carbonyl (C=O) groups excluding carboxylic acids is 1. The number of aromatic nitrogens is 1. The number of nitrogens with zero attached hydrogens (tertiary/aromatic N) is 1. The molecule has 0 unspecified atom stereocenters. The molecule has 2 aromatic heterocycles. The molecule has 0 radical (unpaired) electrons. The minimum absolute atomic E-state index is 0.136. The first kappa shape index (κ1) is 19.1. The lowest BCUT2D eigenvalue weighted by molar-refractivity contribution is -0.139. The SMILES string of the molecule is CCOc1ccc(-c2nc(COC(=O)/C=C/c3ccsc3)cs2)cc1OC. The molecule has 0 bridgehead atoms. The Labute approximate surface area is 165 Å². The number of methoxy groups -OCH3 is 1. The Morgan fingerprint density at radius 3 is 2.85 bits per heavy atom. The number of thiophene rings is 1. The minimum Gasteiger partial charge on any atom is -0.493 e. The number of ether oxygens (including phenoxy) is 3. The largest absolute Gasteiger partial charge is 0.493 e. The normalized spacial score (nSPS) is 10.9. The molecule has 2 heterocycles. The van der Waals surface area contributed by atoms with E-state index in [-0.39, 0.29) is 6.61 Å². The zero-order chi connectivity index (χ0) is 19.1.